The molecule has 3 aromatic rings. The highest BCUT2D eigenvalue weighted by atomic mass is 16.7. The summed E-state index contributed by atoms with van der Waals surface area (Å²) in [7, 11) is 1.46. The van der Waals surface area contributed by atoms with Crippen LogP contribution in [0, 0.1) is 30.6 Å². The van der Waals surface area contributed by atoms with E-state index < -0.39 is 82.7 Å². The number of phenols is 1. The highest BCUT2D eigenvalue weighted by Crippen LogP contribution is 2.42. The number of allylic oxidation sites excluding steroid dienone is 2. The first-order valence-corrected chi connectivity index (χ1v) is 21.1. The summed E-state index contributed by atoms with van der Waals surface area (Å²) >= 11 is 0. The number of phenolic OH excluding ortho intramolecular Hbond substituents is 1. The topological polar surface area (TPSA) is 210 Å². The lowest BCUT2D eigenvalue weighted by Gasteiger charge is -2.38. The summed E-state index contributed by atoms with van der Waals surface area (Å²) in [5.41, 5.74) is 0.179. The molecule has 334 valence electrons. The zero-order valence-electron chi connectivity index (χ0n) is 37.2. The van der Waals surface area contributed by atoms with Gasteiger partial charge in [0.1, 0.15) is 28.8 Å². The third-order valence-corrected chi connectivity index (χ3v) is 12.7. The van der Waals surface area contributed by atoms with Crippen molar-refractivity contribution in [1.29, 1.82) is 0 Å². The molecule has 0 saturated heterocycles. The maximum atomic E-state index is 14.3. The molecule has 62 heavy (non-hydrogen) atoms. The quantitative estimate of drug-likeness (QED) is 0.132. The summed E-state index contributed by atoms with van der Waals surface area (Å²) in [6.45, 7) is 18.4. The summed E-state index contributed by atoms with van der Waals surface area (Å²) < 4.78 is 30.6. The fourth-order valence-electron chi connectivity index (χ4n) is 8.75. The van der Waals surface area contributed by atoms with Crippen molar-refractivity contribution in [2.75, 3.05) is 25.5 Å². The Labute approximate surface area is 360 Å². The number of nitrogens with zero attached hydrogens (tertiary/aromatic N) is 2. The summed E-state index contributed by atoms with van der Waals surface area (Å²) in [6, 6.07) is -0.140. The average Bonchev–Trinajstić information content (AvgIpc) is 3.51. The number of nitrogens with one attached hydrogen (secondary N) is 1. The molecule has 0 fully saturated rings. The molecule has 1 aliphatic carbocycles. The van der Waals surface area contributed by atoms with Crippen molar-refractivity contribution < 1.29 is 53.4 Å². The van der Waals surface area contributed by atoms with Crippen LogP contribution in [0.25, 0.3) is 39.8 Å². The van der Waals surface area contributed by atoms with Crippen molar-refractivity contribution >= 4 is 57.3 Å². The number of aliphatic hydroxyl groups excluding tert-OH is 3. The molecule has 1 unspecified atom stereocenters. The van der Waals surface area contributed by atoms with Crippen LogP contribution in [0.1, 0.15) is 73.6 Å². The third-order valence-electron chi connectivity index (χ3n) is 12.7. The first-order chi connectivity index (χ1) is 29.3. The van der Waals surface area contributed by atoms with Gasteiger partial charge in [0.15, 0.2) is 27.9 Å². The van der Waals surface area contributed by atoms with Gasteiger partial charge in [-0.3, -0.25) is 19.3 Å². The van der Waals surface area contributed by atoms with E-state index >= 15 is 0 Å². The number of fused-ring (bicyclic) bond motifs is 5. The molecule has 5 N–H and O–H groups in total. The number of hydrogen-bond acceptors (Lipinski definition) is 14. The number of carbonyl (C=O) groups is 2. The first kappa shape index (κ1) is 46.0. The van der Waals surface area contributed by atoms with Crippen LogP contribution in [0.5, 0.6) is 11.5 Å². The molecule has 0 saturated carbocycles. The number of ether oxygens (including phenoxy) is 4. The highest BCUT2D eigenvalue weighted by Gasteiger charge is 2.44. The van der Waals surface area contributed by atoms with Crippen LogP contribution in [0.15, 0.2) is 51.4 Å². The molecule has 0 radical (unpaired) electrons. The Balaban J connectivity index is 1.63. The van der Waals surface area contributed by atoms with E-state index in [-0.39, 0.29) is 55.7 Å². The first-order valence-electron chi connectivity index (χ1n) is 21.1. The van der Waals surface area contributed by atoms with Crippen molar-refractivity contribution in [2.45, 2.75) is 105 Å². The van der Waals surface area contributed by atoms with Crippen LogP contribution < -0.4 is 26.1 Å². The number of carbonyl (C=O) groups excluding carboxylic acids is 2. The summed E-state index contributed by atoms with van der Waals surface area (Å²) in [5, 5.41) is 49.8. The lowest BCUT2D eigenvalue weighted by atomic mass is 9.78. The Kier molecular flexibility index (Phi) is 13.4. The van der Waals surface area contributed by atoms with Gasteiger partial charge in [0.25, 0.3) is 5.91 Å². The van der Waals surface area contributed by atoms with E-state index in [2.05, 4.69) is 10.2 Å². The normalized spacial score (nSPS) is 31.2. The summed E-state index contributed by atoms with van der Waals surface area (Å²) in [6.07, 6.45) is 9.50. The molecule has 1 amide bonds. The molecule has 2 aliphatic heterocycles. The van der Waals surface area contributed by atoms with Gasteiger partial charge in [0, 0.05) is 61.2 Å². The van der Waals surface area contributed by atoms with Crippen LogP contribution in [-0.2, 0) is 23.8 Å². The number of aliphatic hydroxyl groups is 3. The lowest BCUT2D eigenvalue weighted by molar-refractivity contribution is -0.160. The van der Waals surface area contributed by atoms with E-state index in [0.717, 1.165) is 13.1 Å². The molecule has 5 bridgehead atoms. The second-order valence-corrected chi connectivity index (χ2v) is 16.7. The summed E-state index contributed by atoms with van der Waals surface area (Å²) in [5.74, 6) is -6.61. The second kappa shape index (κ2) is 18.1. The molecular formula is C47H59N3O12. The third kappa shape index (κ3) is 8.26. The predicted molar refractivity (Wildman–Crippen MR) is 235 cm³/mol. The molecule has 0 spiro atoms. The van der Waals surface area contributed by atoms with Crippen molar-refractivity contribution in [3.05, 3.63) is 74.3 Å². The van der Waals surface area contributed by atoms with Gasteiger partial charge in [-0.05, 0) is 45.2 Å². The van der Waals surface area contributed by atoms with Crippen molar-refractivity contribution in [2.24, 2.45) is 23.7 Å². The Bertz CT molecular complexity index is 2570. The number of aromatic nitrogens is 1. The molecule has 10 atom stereocenters. The van der Waals surface area contributed by atoms with E-state index in [1.807, 2.05) is 26.0 Å². The van der Waals surface area contributed by atoms with Crippen LogP contribution in [-0.4, -0.2) is 98.6 Å². The van der Waals surface area contributed by atoms with Gasteiger partial charge in [-0.1, -0.05) is 65.8 Å². The van der Waals surface area contributed by atoms with Gasteiger partial charge >= 0.3 is 11.8 Å². The minimum atomic E-state index is -1.92. The van der Waals surface area contributed by atoms with E-state index in [4.69, 9.17) is 28.3 Å². The maximum Gasteiger partial charge on any atom is 0.307 e. The Morgan fingerprint density at radius 1 is 0.984 bits per heavy atom. The van der Waals surface area contributed by atoms with Crippen LogP contribution in [0.2, 0.25) is 0 Å². The number of rotatable bonds is 5. The number of amides is 1. The number of anilines is 1. The number of aromatic hydroxyl groups is 1. The number of esters is 1. The SMILES string of the molecule is CCN(CC)C1C=Cc2nc3c(oc2=C1)c1c(O)c2c(=O)c(C)c4c(c23)=C(O)[C@@](C)(O/C=C/[C@H](OC)[C@@H](C)[C@@H](OC(C)=O)[C@H](C)[C@H](O)[C@H](C)[C@@H](O)[C@@H](C)/C=C/C=C(/C)C(=O)N1)O4. The number of likely N-dealkylation sites (N-methyl/N-ethyl adjacent to an activating group) is 1. The molecule has 6 rings (SSSR count). The molecule has 2 aromatic carbocycles. The minimum Gasteiger partial charge on any atom is -0.505 e. The predicted octanol–water partition coefficient (Wildman–Crippen LogP) is 4.85. The average molecular weight is 858 g/mol. The lowest BCUT2D eigenvalue weighted by Crippen LogP contribution is -2.46. The van der Waals surface area contributed by atoms with Gasteiger partial charge in [-0.2, -0.15) is 0 Å². The standard InChI is InChI=1S/C47H59N3O12/c1-12-50(13-2)29-17-18-30-32(21-29)61-44-36(48-30)33-34-40(54)27(8)43-35(33)45(56)47(10,62-43)59-20-19-31(58-11)24(5)42(60-28(9)51)26(7)39(53)25(6)38(52)22(3)15-14-16-23(4)46(57)49-37(44)41(34)55/h14-22,24-26,29,31,38-39,42,52-53,55-56H,12-13H2,1-11H3,(H,49,57)/b15-14+,20-19+,23-16-/t22-,24+,25+,26+,29?,31-,38-,39+,42+,47-/m0/s1. The van der Waals surface area contributed by atoms with Crippen LogP contribution in [0.4, 0.5) is 5.69 Å². The summed E-state index contributed by atoms with van der Waals surface area (Å²) in [4.78, 5) is 47.8. The molecular weight excluding hydrogens is 799 g/mol. The molecule has 3 aliphatic rings. The second-order valence-electron chi connectivity index (χ2n) is 16.7. The van der Waals surface area contributed by atoms with Gasteiger partial charge in [-0.25, -0.2) is 4.98 Å². The van der Waals surface area contributed by atoms with E-state index in [0.29, 0.717) is 11.1 Å². The fourth-order valence-corrected chi connectivity index (χ4v) is 8.75. The highest BCUT2D eigenvalue weighted by molar-refractivity contribution is 6.18. The van der Waals surface area contributed by atoms with Gasteiger partial charge in [0.2, 0.25) is 0 Å². The smallest absolute Gasteiger partial charge is 0.307 e. The molecule has 15 heteroatoms. The Hall–Kier alpha value is -5.48. The van der Waals surface area contributed by atoms with Crippen molar-refractivity contribution in [1.82, 2.24) is 9.88 Å². The fraction of sp³-hybridized carbons (Fsp3) is 0.489. The Morgan fingerprint density at radius 2 is 1.68 bits per heavy atom. The van der Waals surface area contributed by atoms with E-state index in [9.17, 15) is 34.8 Å². The number of benzene rings is 2. The monoisotopic (exact) mass is 857 g/mol. The van der Waals surface area contributed by atoms with E-state index in [1.165, 1.54) is 40.2 Å². The minimum absolute atomic E-state index is 0.00683. The largest absolute Gasteiger partial charge is 0.505 e. The van der Waals surface area contributed by atoms with Gasteiger partial charge < -0.3 is 49.1 Å². The molecule has 15 nitrogen and oxygen atoms in total. The van der Waals surface area contributed by atoms with E-state index in [1.54, 1.807) is 58.9 Å². The zero-order valence-corrected chi connectivity index (χ0v) is 37.2. The van der Waals surface area contributed by atoms with Crippen molar-refractivity contribution in [3.8, 4) is 11.5 Å². The molecule has 1 aromatic heterocycles. The van der Waals surface area contributed by atoms with Crippen LogP contribution >= 0.6 is 0 Å². The van der Waals surface area contributed by atoms with Gasteiger partial charge in [-0.15, -0.1) is 0 Å². The molecule has 3 heterocycles. The number of hydrogen-bond donors (Lipinski definition) is 5. The number of methoxy groups -OCH3 is 1. The Morgan fingerprint density at radius 3 is 2.32 bits per heavy atom. The maximum absolute atomic E-state index is 14.3. The zero-order chi connectivity index (χ0) is 45.5. The van der Waals surface area contributed by atoms with Crippen LogP contribution in [0.3, 0.4) is 0 Å². The van der Waals surface area contributed by atoms with Gasteiger partial charge in [0.05, 0.1) is 41.2 Å². The van der Waals surface area contributed by atoms with Crippen molar-refractivity contribution in [3.63, 3.8) is 0 Å².